The van der Waals surface area contributed by atoms with Crippen LogP contribution in [0.3, 0.4) is 0 Å². The first kappa shape index (κ1) is 16.5. The van der Waals surface area contributed by atoms with Crippen LogP contribution in [0.25, 0.3) is 16.6 Å². The molecule has 0 fully saturated rings. The van der Waals surface area contributed by atoms with Crippen molar-refractivity contribution >= 4 is 34.1 Å². The van der Waals surface area contributed by atoms with E-state index in [0.29, 0.717) is 16.5 Å². The van der Waals surface area contributed by atoms with Crippen molar-refractivity contribution in [2.75, 3.05) is 12.9 Å². The molecule has 4 rings (SSSR count). The number of methoxy groups -OCH3 is 1. The van der Waals surface area contributed by atoms with Gasteiger partial charge in [-0.15, -0.1) is 5.10 Å². The summed E-state index contributed by atoms with van der Waals surface area (Å²) in [4.78, 5) is 21.7. The highest BCUT2D eigenvalue weighted by atomic mass is 32.2. The average molecular weight is 364 g/mol. The number of rotatable bonds is 5. The Balaban J connectivity index is 1.64. The molecule has 0 bridgehead atoms. The third-order valence-electron chi connectivity index (χ3n) is 4.00. The Kier molecular flexibility index (Phi) is 4.30. The van der Waals surface area contributed by atoms with Crippen molar-refractivity contribution in [3.63, 3.8) is 0 Å². The lowest BCUT2D eigenvalue weighted by Crippen LogP contribution is -2.05. The van der Waals surface area contributed by atoms with Crippen LogP contribution in [0.1, 0.15) is 16.2 Å². The summed E-state index contributed by atoms with van der Waals surface area (Å²) in [5, 5.41) is 6.03. The van der Waals surface area contributed by atoms with E-state index in [-0.39, 0.29) is 11.5 Å². The molecule has 0 aliphatic carbocycles. The molecule has 130 valence electrons. The maximum absolute atomic E-state index is 12.5. The molecule has 2 aromatic carbocycles. The van der Waals surface area contributed by atoms with Gasteiger partial charge >= 0.3 is 0 Å². The van der Waals surface area contributed by atoms with Crippen LogP contribution in [0.5, 0.6) is 5.75 Å². The lowest BCUT2D eigenvalue weighted by molar-refractivity contribution is 0.102. The van der Waals surface area contributed by atoms with E-state index in [4.69, 9.17) is 4.74 Å². The molecule has 0 saturated heterocycles. The number of hydrogen-bond acceptors (Lipinski definition) is 6. The largest absolute Gasteiger partial charge is 0.497 e. The van der Waals surface area contributed by atoms with Gasteiger partial charge in [-0.25, -0.2) is 9.97 Å². The maximum Gasteiger partial charge on any atom is 0.192 e. The lowest BCUT2D eigenvalue weighted by atomic mass is 10.1. The highest BCUT2D eigenvalue weighted by Crippen LogP contribution is 2.24. The molecular weight excluding hydrogens is 348 g/mol. The minimum Gasteiger partial charge on any atom is -0.497 e. The summed E-state index contributed by atoms with van der Waals surface area (Å²) in [7, 11) is 1.60. The van der Waals surface area contributed by atoms with Crippen molar-refractivity contribution < 1.29 is 9.53 Å². The van der Waals surface area contributed by atoms with E-state index in [1.807, 2.05) is 31.2 Å². The van der Waals surface area contributed by atoms with Gasteiger partial charge in [0.15, 0.2) is 16.6 Å². The summed E-state index contributed by atoms with van der Waals surface area (Å²) in [5.74, 6) is 1.69. The van der Waals surface area contributed by atoms with Crippen molar-refractivity contribution in [2.45, 2.75) is 12.1 Å². The number of fused-ring (bicyclic) bond motifs is 3. The Bertz CT molecular complexity index is 1110. The predicted octanol–water partition coefficient (Wildman–Crippen LogP) is 3.57. The van der Waals surface area contributed by atoms with Crippen LogP contribution in [0, 0.1) is 6.92 Å². The quantitative estimate of drug-likeness (QED) is 0.306. The molecule has 26 heavy (non-hydrogen) atoms. The summed E-state index contributed by atoms with van der Waals surface area (Å²) in [5.41, 5.74) is 2.24. The first-order chi connectivity index (χ1) is 12.7. The molecule has 0 saturated carbocycles. The van der Waals surface area contributed by atoms with Crippen molar-refractivity contribution in [1.29, 1.82) is 0 Å². The number of carbonyl (C=O) groups excluding carboxylic acids is 1. The highest BCUT2D eigenvalue weighted by molar-refractivity contribution is 7.99. The van der Waals surface area contributed by atoms with Crippen LogP contribution >= 0.6 is 11.8 Å². The molecule has 0 spiro atoms. The molecule has 4 aromatic rings. The van der Waals surface area contributed by atoms with Gasteiger partial charge < -0.3 is 4.74 Å². The third kappa shape index (κ3) is 3.01. The molecule has 0 radical (unpaired) electrons. The van der Waals surface area contributed by atoms with Crippen LogP contribution in [0.2, 0.25) is 0 Å². The first-order valence-electron chi connectivity index (χ1n) is 8.08. The van der Waals surface area contributed by atoms with E-state index in [0.717, 1.165) is 22.3 Å². The Labute approximate surface area is 154 Å². The fourth-order valence-corrected chi connectivity index (χ4v) is 3.56. The number of ether oxygens (including phenoxy) is 1. The summed E-state index contributed by atoms with van der Waals surface area (Å²) >= 11 is 1.36. The molecule has 0 amide bonds. The summed E-state index contributed by atoms with van der Waals surface area (Å²) in [6.07, 6.45) is 0. The zero-order valence-corrected chi connectivity index (χ0v) is 15.2. The normalized spacial score (nSPS) is 11.2. The van der Waals surface area contributed by atoms with Gasteiger partial charge in [-0.1, -0.05) is 23.9 Å². The molecule has 0 atom stereocenters. The Morgan fingerprint density at radius 1 is 1.12 bits per heavy atom. The van der Waals surface area contributed by atoms with Crippen LogP contribution in [-0.2, 0) is 0 Å². The van der Waals surface area contributed by atoms with Gasteiger partial charge in [0.1, 0.15) is 11.6 Å². The lowest BCUT2D eigenvalue weighted by Gasteiger charge is -2.06. The van der Waals surface area contributed by atoms with Crippen molar-refractivity contribution in [2.24, 2.45) is 0 Å². The number of aryl methyl sites for hydroxylation is 1. The van der Waals surface area contributed by atoms with E-state index in [1.54, 1.807) is 35.9 Å². The minimum absolute atomic E-state index is 0.0256. The zero-order valence-electron chi connectivity index (χ0n) is 14.3. The van der Waals surface area contributed by atoms with Crippen molar-refractivity contribution in [3.05, 3.63) is 59.9 Å². The van der Waals surface area contributed by atoms with Gasteiger partial charge in [0.25, 0.3) is 0 Å². The molecule has 0 aliphatic heterocycles. The standard InChI is InChI=1S/C19H16N4O2S/c1-12-20-18-15-5-3-4-6-16(15)21-19(23(18)22-12)26-11-17(24)13-7-9-14(25-2)10-8-13/h3-10H,11H2,1-2H3. The van der Waals surface area contributed by atoms with Crippen molar-refractivity contribution in [1.82, 2.24) is 19.6 Å². The molecule has 0 aliphatic rings. The maximum atomic E-state index is 12.5. The second-order valence-corrected chi connectivity index (χ2v) is 6.69. The second kappa shape index (κ2) is 6.76. The number of ketones is 1. The molecule has 0 unspecified atom stereocenters. The SMILES string of the molecule is COc1ccc(C(=O)CSc2nc3ccccc3c3nc(C)nn23)cc1. The van der Waals surface area contributed by atoms with Gasteiger partial charge in [0, 0.05) is 10.9 Å². The number of thioether (sulfide) groups is 1. The van der Waals surface area contributed by atoms with Gasteiger partial charge in [-0.2, -0.15) is 4.52 Å². The number of hydrogen-bond donors (Lipinski definition) is 0. The molecule has 7 heteroatoms. The van der Waals surface area contributed by atoms with Crippen LogP contribution in [-0.4, -0.2) is 38.2 Å². The van der Waals surface area contributed by atoms with E-state index in [9.17, 15) is 4.79 Å². The Hall–Kier alpha value is -2.93. The number of benzene rings is 2. The number of Topliss-reactive ketones (excluding diaryl/α,β-unsaturated/α-hetero) is 1. The smallest absolute Gasteiger partial charge is 0.192 e. The van der Waals surface area contributed by atoms with E-state index in [1.165, 1.54) is 11.8 Å². The van der Waals surface area contributed by atoms with Crippen molar-refractivity contribution in [3.8, 4) is 5.75 Å². The molecule has 0 N–H and O–H groups in total. The van der Waals surface area contributed by atoms with Gasteiger partial charge in [-0.3, -0.25) is 4.79 Å². The monoisotopic (exact) mass is 364 g/mol. The third-order valence-corrected chi connectivity index (χ3v) is 4.93. The first-order valence-corrected chi connectivity index (χ1v) is 9.06. The number of aromatic nitrogens is 4. The van der Waals surface area contributed by atoms with Crippen LogP contribution in [0.15, 0.2) is 53.7 Å². The van der Waals surface area contributed by atoms with Crippen LogP contribution < -0.4 is 4.74 Å². The average Bonchev–Trinajstić information content (AvgIpc) is 3.08. The van der Waals surface area contributed by atoms with Gasteiger partial charge in [-0.05, 0) is 43.3 Å². The number of carbonyl (C=O) groups is 1. The Morgan fingerprint density at radius 3 is 2.65 bits per heavy atom. The second-order valence-electron chi connectivity index (χ2n) is 5.75. The zero-order chi connectivity index (χ0) is 18.1. The van der Waals surface area contributed by atoms with E-state index < -0.39 is 0 Å². The number of nitrogens with zero attached hydrogens (tertiary/aromatic N) is 4. The number of para-hydroxylation sites is 1. The van der Waals surface area contributed by atoms with Crippen LogP contribution in [0.4, 0.5) is 0 Å². The summed E-state index contributed by atoms with van der Waals surface area (Å²) in [6.45, 7) is 1.85. The van der Waals surface area contributed by atoms with E-state index >= 15 is 0 Å². The predicted molar refractivity (Wildman–Crippen MR) is 101 cm³/mol. The van der Waals surface area contributed by atoms with E-state index in [2.05, 4.69) is 15.1 Å². The summed E-state index contributed by atoms with van der Waals surface area (Å²) < 4.78 is 6.84. The topological polar surface area (TPSA) is 69.4 Å². The van der Waals surface area contributed by atoms with Gasteiger partial charge in [0.2, 0.25) is 0 Å². The molecule has 2 aromatic heterocycles. The Morgan fingerprint density at radius 2 is 1.88 bits per heavy atom. The summed E-state index contributed by atoms with van der Waals surface area (Å²) in [6, 6.07) is 14.9. The molecule has 6 nitrogen and oxygen atoms in total. The molecular formula is C19H16N4O2S. The van der Waals surface area contributed by atoms with Gasteiger partial charge in [0.05, 0.1) is 18.4 Å². The fraction of sp³-hybridized carbons (Fsp3) is 0.158. The minimum atomic E-state index is 0.0256. The molecule has 2 heterocycles. The highest BCUT2D eigenvalue weighted by Gasteiger charge is 2.14. The fourth-order valence-electron chi connectivity index (χ4n) is 2.72.